The number of hydrogen-bond acceptors (Lipinski definition) is 3. The van der Waals surface area contributed by atoms with Crippen LogP contribution in [0.25, 0.3) is 0 Å². The van der Waals surface area contributed by atoms with Crippen LogP contribution in [0.3, 0.4) is 0 Å². The zero-order chi connectivity index (χ0) is 8.74. The Hall–Kier alpha value is 1.71. The van der Waals surface area contributed by atoms with E-state index in [1.54, 1.807) is 0 Å². The van der Waals surface area contributed by atoms with Crippen molar-refractivity contribution < 1.29 is 38.3 Å². The molecule has 68 valence electrons. The van der Waals surface area contributed by atoms with Crippen molar-refractivity contribution in [1.82, 2.24) is 0 Å². The molecule has 0 aliphatic heterocycles. The van der Waals surface area contributed by atoms with Gasteiger partial charge in [0.05, 0.1) is 6.61 Å². The van der Waals surface area contributed by atoms with Gasteiger partial charge >= 0.3 is 29.6 Å². The van der Waals surface area contributed by atoms with E-state index in [0.717, 1.165) is 25.7 Å². The molecule has 1 N–H and O–H groups in total. The van der Waals surface area contributed by atoms with Crippen molar-refractivity contribution in [2.24, 2.45) is 0 Å². The predicted octanol–water partition coefficient (Wildman–Crippen LogP) is -1.13. The Morgan fingerprint density at radius 3 is 2.25 bits per heavy atom. The SMILES string of the molecule is [CH2-]CCCCCOS(O)(=S)=S.[Na+]. The maximum Gasteiger partial charge on any atom is 1.00 e. The van der Waals surface area contributed by atoms with Crippen molar-refractivity contribution in [2.75, 3.05) is 6.61 Å². The van der Waals surface area contributed by atoms with E-state index in [-0.39, 0.29) is 29.6 Å². The zero-order valence-corrected chi connectivity index (χ0v) is 11.8. The van der Waals surface area contributed by atoms with Gasteiger partial charge in [0.15, 0.2) is 0 Å². The topological polar surface area (TPSA) is 29.5 Å². The molecule has 0 spiro atoms. The molecule has 2 nitrogen and oxygen atoms in total. The summed E-state index contributed by atoms with van der Waals surface area (Å²) >= 11 is 8.96. The molecular formula is C6H13NaO2S3. The first kappa shape index (κ1) is 16.2. The Bertz CT molecular complexity index is 179. The molecule has 0 amide bonds. The number of unbranched alkanes of at least 4 members (excludes halogenated alkanes) is 3. The molecule has 0 rings (SSSR count). The van der Waals surface area contributed by atoms with Crippen LogP contribution in [0, 0.1) is 6.92 Å². The van der Waals surface area contributed by atoms with Crippen LogP contribution in [0.15, 0.2) is 0 Å². The predicted molar refractivity (Wildman–Crippen MR) is 54.5 cm³/mol. The second-order valence-electron chi connectivity index (χ2n) is 2.16. The van der Waals surface area contributed by atoms with Crippen LogP contribution < -0.4 is 29.6 Å². The van der Waals surface area contributed by atoms with Crippen molar-refractivity contribution in [3.05, 3.63) is 6.92 Å². The molecule has 0 aliphatic carbocycles. The van der Waals surface area contributed by atoms with Gasteiger partial charge in [0.25, 0.3) is 0 Å². The standard InChI is InChI=1S/C6H13O2S3.Na/c1-2-3-4-5-6-8-11(7,9)10;/h1-6H2,(H,7,9,10);/q-1;+1. The average Bonchev–Trinajstić information content (AvgIpc) is 1.85. The molecule has 6 heteroatoms. The average molecular weight is 236 g/mol. The smallest absolute Gasteiger partial charge is 0.343 e. The van der Waals surface area contributed by atoms with E-state index in [2.05, 4.69) is 29.3 Å². The molecule has 0 bridgehead atoms. The zero-order valence-electron chi connectivity index (χ0n) is 7.32. The van der Waals surface area contributed by atoms with E-state index in [4.69, 9.17) is 8.74 Å². The van der Waals surface area contributed by atoms with Gasteiger partial charge in [-0.25, -0.2) is 0 Å². The van der Waals surface area contributed by atoms with Gasteiger partial charge in [-0.05, 0) is 6.42 Å². The summed E-state index contributed by atoms with van der Waals surface area (Å²) in [6, 6.07) is 0. The van der Waals surface area contributed by atoms with Gasteiger partial charge in [-0.2, -0.15) is 6.42 Å². The summed E-state index contributed by atoms with van der Waals surface area (Å²) in [6.07, 6.45) is 3.99. The van der Waals surface area contributed by atoms with Gasteiger partial charge in [0.1, 0.15) is 7.71 Å². The third kappa shape index (κ3) is 14.2. The molecule has 0 radical (unpaired) electrons. The summed E-state index contributed by atoms with van der Waals surface area (Å²) < 4.78 is 13.7. The summed E-state index contributed by atoms with van der Waals surface area (Å²) in [5, 5.41) is 0. The monoisotopic (exact) mass is 236 g/mol. The van der Waals surface area contributed by atoms with Gasteiger partial charge < -0.3 is 11.5 Å². The molecule has 0 saturated heterocycles. The van der Waals surface area contributed by atoms with E-state index >= 15 is 0 Å². The second-order valence-corrected chi connectivity index (χ2v) is 6.60. The second kappa shape index (κ2) is 9.27. The van der Waals surface area contributed by atoms with Crippen molar-refractivity contribution in [3.8, 4) is 0 Å². The number of rotatable bonds is 6. The first-order chi connectivity index (χ1) is 5.06. The summed E-state index contributed by atoms with van der Waals surface area (Å²) in [5.41, 5.74) is 0. The minimum absolute atomic E-state index is 0. The first-order valence-electron chi connectivity index (χ1n) is 3.47. The van der Waals surface area contributed by atoms with E-state index < -0.39 is 7.71 Å². The first-order valence-corrected chi connectivity index (χ1v) is 6.84. The molecule has 0 fully saturated rings. The normalized spacial score (nSPS) is 10.8. The van der Waals surface area contributed by atoms with Gasteiger partial charge in [-0.3, -0.25) is 4.18 Å². The van der Waals surface area contributed by atoms with Crippen molar-refractivity contribution in [3.63, 3.8) is 0 Å². The quantitative estimate of drug-likeness (QED) is 0.359. The summed E-state index contributed by atoms with van der Waals surface area (Å²) in [6.45, 7) is 4.18. The Morgan fingerprint density at radius 2 is 1.83 bits per heavy atom. The van der Waals surface area contributed by atoms with Crippen LogP contribution in [0.1, 0.15) is 25.7 Å². The fraction of sp³-hybridized carbons (Fsp3) is 0.833. The summed E-state index contributed by atoms with van der Waals surface area (Å²) in [7, 11) is -2.56. The Labute approximate surface area is 107 Å². The largest absolute Gasteiger partial charge is 1.00 e. The van der Waals surface area contributed by atoms with Crippen LogP contribution >= 0.6 is 0 Å². The van der Waals surface area contributed by atoms with Crippen LogP contribution in [0.2, 0.25) is 0 Å². The fourth-order valence-corrected chi connectivity index (χ4v) is 1.36. The minimum atomic E-state index is -2.56. The van der Waals surface area contributed by atoms with Crippen LogP contribution in [0.4, 0.5) is 0 Å². The maximum absolute atomic E-state index is 8.85. The molecule has 12 heavy (non-hydrogen) atoms. The van der Waals surface area contributed by atoms with E-state index in [9.17, 15) is 0 Å². The molecule has 0 saturated carbocycles. The minimum Gasteiger partial charge on any atom is -0.343 e. The van der Waals surface area contributed by atoms with Crippen LogP contribution in [-0.4, -0.2) is 11.2 Å². The third-order valence-corrected chi connectivity index (χ3v) is 2.17. The van der Waals surface area contributed by atoms with E-state index in [1.807, 2.05) is 0 Å². The van der Waals surface area contributed by atoms with Gasteiger partial charge in [0, 0.05) is 22.4 Å². The van der Waals surface area contributed by atoms with Crippen LogP contribution in [0.5, 0.6) is 0 Å². The van der Waals surface area contributed by atoms with Crippen LogP contribution in [-0.2, 0) is 34.3 Å². The molecule has 0 aromatic rings. The summed E-state index contributed by atoms with van der Waals surface area (Å²) in [5.74, 6) is 0. The third-order valence-electron chi connectivity index (χ3n) is 1.13. The molecular weight excluding hydrogens is 223 g/mol. The molecule has 0 aromatic carbocycles. The van der Waals surface area contributed by atoms with E-state index in [0.29, 0.717) is 6.61 Å². The fourth-order valence-electron chi connectivity index (χ4n) is 0.620. The Morgan fingerprint density at radius 1 is 1.25 bits per heavy atom. The van der Waals surface area contributed by atoms with Gasteiger partial charge in [0.2, 0.25) is 0 Å². The van der Waals surface area contributed by atoms with Gasteiger partial charge in [-0.15, -0.1) is 0 Å². The molecule has 0 aromatic heterocycles. The maximum atomic E-state index is 8.85. The van der Waals surface area contributed by atoms with Crippen molar-refractivity contribution >= 4 is 30.1 Å². The molecule has 0 heterocycles. The number of hydrogen-bond donors (Lipinski definition) is 1. The van der Waals surface area contributed by atoms with E-state index in [1.165, 1.54) is 0 Å². The van der Waals surface area contributed by atoms with Gasteiger partial charge in [-0.1, -0.05) is 12.8 Å². The van der Waals surface area contributed by atoms with Crippen molar-refractivity contribution in [2.45, 2.75) is 25.7 Å². The summed E-state index contributed by atoms with van der Waals surface area (Å²) in [4.78, 5) is 0. The molecule has 0 aliphatic rings. The Balaban J connectivity index is 0. The Kier molecular flexibility index (Phi) is 12.5. The molecule has 0 atom stereocenters. The van der Waals surface area contributed by atoms with Crippen molar-refractivity contribution in [1.29, 1.82) is 0 Å². The molecule has 0 unspecified atom stereocenters.